The fraction of sp³-hybridized carbons (Fsp3) is 0.143. The molecule has 1 fully saturated rings. The third kappa shape index (κ3) is 3.40. The highest BCUT2D eigenvalue weighted by Gasteiger charge is 2.49. The van der Waals surface area contributed by atoms with Gasteiger partial charge in [0.25, 0.3) is 5.91 Å². The standard InChI is InChI=1S/C21H17FN4O3/c1-21(14-6-8-15(22)9-7-14)19(28)26(20(29)25-21)12-18(27)24-16-10-13-4-2-3-5-17(13)23-11-16/h2-11H,12H2,1H3,(H,24,27)(H,25,29). The van der Waals surface area contributed by atoms with Gasteiger partial charge in [-0.2, -0.15) is 0 Å². The molecule has 8 heteroatoms. The Hall–Kier alpha value is -3.81. The Labute approximate surface area is 165 Å². The molecular formula is C21H17FN4O3. The molecule has 0 aliphatic carbocycles. The second-order valence-corrected chi connectivity index (χ2v) is 6.92. The molecule has 4 rings (SSSR count). The number of benzene rings is 2. The average molecular weight is 392 g/mol. The topological polar surface area (TPSA) is 91.4 Å². The predicted molar refractivity (Wildman–Crippen MR) is 104 cm³/mol. The molecule has 2 N–H and O–H groups in total. The second kappa shape index (κ2) is 6.97. The van der Waals surface area contributed by atoms with Crippen molar-refractivity contribution in [2.45, 2.75) is 12.5 Å². The Morgan fingerprint density at radius 1 is 1.17 bits per heavy atom. The van der Waals surface area contributed by atoms with E-state index in [0.717, 1.165) is 15.8 Å². The summed E-state index contributed by atoms with van der Waals surface area (Å²) in [5.74, 6) is -1.57. The summed E-state index contributed by atoms with van der Waals surface area (Å²) in [6.45, 7) is 1.07. The highest BCUT2D eigenvalue weighted by Crippen LogP contribution is 2.29. The van der Waals surface area contributed by atoms with Gasteiger partial charge in [-0.25, -0.2) is 9.18 Å². The largest absolute Gasteiger partial charge is 0.325 e. The first-order valence-corrected chi connectivity index (χ1v) is 8.91. The highest BCUT2D eigenvalue weighted by molar-refractivity contribution is 6.10. The Bertz CT molecular complexity index is 1130. The molecule has 0 spiro atoms. The second-order valence-electron chi connectivity index (χ2n) is 6.92. The van der Waals surface area contributed by atoms with Gasteiger partial charge in [-0.3, -0.25) is 19.5 Å². The van der Waals surface area contributed by atoms with Gasteiger partial charge in [0, 0.05) is 5.39 Å². The van der Waals surface area contributed by atoms with Crippen molar-refractivity contribution in [2.24, 2.45) is 0 Å². The van der Waals surface area contributed by atoms with Crippen molar-refractivity contribution in [3.8, 4) is 0 Å². The van der Waals surface area contributed by atoms with Crippen LogP contribution in [0.4, 0.5) is 14.9 Å². The van der Waals surface area contributed by atoms with Gasteiger partial charge in [-0.05, 0) is 36.8 Å². The van der Waals surface area contributed by atoms with Crippen LogP contribution in [-0.2, 0) is 15.1 Å². The number of carbonyl (C=O) groups is 3. The monoisotopic (exact) mass is 392 g/mol. The lowest BCUT2D eigenvalue weighted by Crippen LogP contribution is -2.42. The summed E-state index contributed by atoms with van der Waals surface area (Å²) in [5, 5.41) is 6.08. The SMILES string of the molecule is CC1(c2ccc(F)cc2)NC(=O)N(CC(=O)Nc2cnc3ccccc3c2)C1=O. The summed E-state index contributed by atoms with van der Waals surface area (Å²) in [5.41, 5.74) is 0.311. The Kier molecular flexibility index (Phi) is 4.46. The molecule has 1 atom stereocenters. The van der Waals surface area contributed by atoms with E-state index in [1.807, 2.05) is 24.3 Å². The molecule has 1 saturated heterocycles. The molecule has 0 bridgehead atoms. The van der Waals surface area contributed by atoms with Crippen LogP contribution in [0.15, 0.2) is 60.8 Å². The fourth-order valence-electron chi connectivity index (χ4n) is 3.30. The van der Waals surface area contributed by atoms with E-state index in [0.29, 0.717) is 11.3 Å². The van der Waals surface area contributed by atoms with Crippen molar-refractivity contribution in [1.29, 1.82) is 0 Å². The van der Waals surface area contributed by atoms with Gasteiger partial charge in [-0.1, -0.05) is 30.3 Å². The number of nitrogens with one attached hydrogen (secondary N) is 2. The Morgan fingerprint density at radius 2 is 1.90 bits per heavy atom. The van der Waals surface area contributed by atoms with Crippen LogP contribution in [0.2, 0.25) is 0 Å². The van der Waals surface area contributed by atoms with Crippen molar-refractivity contribution >= 4 is 34.4 Å². The van der Waals surface area contributed by atoms with Crippen molar-refractivity contribution in [1.82, 2.24) is 15.2 Å². The van der Waals surface area contributed by atoms with Crippen LogP contribution < -0.4 is 10.6 Å². The summed E-state index contributed by atoms with van der Waals surface area (Å²) < 4.78 is 13.2. The highest BCUT2D eigenvalue weighted by atomic mass is 19.1. The number of urea groups is 1. The normalized spacial score (nSPS) is 18.8. The number of halogens is 1. The number of hydrogen-bond donors (Lipinski definition) is 2. The zero-order valence-corrected chi connectivity index (χ0v) is 15.5. The number of fused-ring (bicyclic) bond motifs is 1. The number of aromatic nitrogens is 1. The summed E-state index contributed by atoms with van der Waals surface area (Å²) >= 11 is 0. The predicted octanol–water partition coefficient (Wildman–Crippen LogP) is 2.78. The van der Waals surface area contributed by atoms with Crippen LogP contribution >= 0.6 is 0 Å². The molecule has 4 amide bonds. The number of rotatable bonds is 4. The van der Waals surface area contributed by atoms with E-state index in [-0.39, 0.29) is 0 Å². The van der Waals surface area contributed by atoms with E-state index in [1.54, 1.807) is 6.07 Å². The average Bonchev–Trinajstić information content (AvgIpc) is 2.92. The first-order chi connectivity index (χ1) is 13.9. The summed E-state index contributed by atoms with van der Waals surface area (Å²) in [6.07, 6.45) is 1.51. The smallest absolute Gasteiger partial charge is 0.323 e. The fourth-order valence-corrected chi connectivity index (χ4v) is 3.30. The maximum Gasteiger partial charge on any atom is 0.325 e. The van der Waals surface area contributed by atoms with Crippen molar-refractivity contribution in [2.75, 3.05) is 11.9 Å². The van der Waals surface area contributed by atoms with Gasteiger partial charge < -0.3 is 10.6 Å². The molecule has 2 heterocycles. The van der Waals surface area contributed by atoms with E-state index in [4.69, 9.17) is 0 Å². The molecule has 0 saturated carbocycles. The molecule has 2 aromatic carbocycles. The molecule has 1 aliphatic rings. The lowest BCUT2D eigenvalue weighted by atomic mass is 9.92. The number of amides is 4. The molecule has 1 aromatic heterocycles. The summed E-state index contributed by atoms with van der Waals surface area (Å²) in [4.78, 5) is 42.7. The van der Waals surface area contributed by atoms with E-state index in [9.17, 15) is 18.8 Å². The summed E-state index contributed by atoms with van der Waals surface area (Å²) in [6, 6.07) is 13.8. The van der Waals surface area contributed by atoms with Gasteiger partial charge in [0.1, 0.15) is 17.9 Å². The Morgan fingerprint density at radius 3 is 2.66 bits per heavy atom. The maximum atomic E-state index is 13.2. The lowest BCUT2D eigenvalue weighted by Gasteiger charge is -2.22. The number of nitrogens with zero attached hydrogens (tertiary/aromatic N) is 2. The third-order valence-corrected chi connectivity index (χ3v) is 4.87. The molecular weight excluding hydrogens is 375 g/mol. The van der Waals surface area contributed by atoms with Crippen molar-refractivity contribution < 1.29 is 18.8 Å². The lowest BCUT2D eigenvalue weighted by molar-refractivity contribution is -0.133. The minimum atomic E-state index is -1.37. The quantitative estimate of drug-likeness (QED) is 0.668. The first-order valence-electron chi connectivity index (χ1n) is 8.91. The van der Waals surface area contributed by atoms with Crippen LogP contribution in [0.3, 0.4) is 0 Å². The van der Waals surface area contributed by atoms with E-state index < -0.39 is 35.7 Å². The van der Waals surface area contributed by atoms with Crippen LogP contribution in [0, 0.1) is 5.82 Å². The van der Waals surface area contributed by atoms with E-state index in [2.05, 4.69) is 15.6 Å². The number of carbonyl (C=O) groups excluding carboxylic acids is 3. The number of pyridine rings is 1. The molecule has 29 heavy (non-hydrogen) atoms. The molecule has 146 valence electrons. The van der Waals surface area contributed by atoms with Crippen LogP contribution in [-0.4, -0.2) is 34.3 Å². The molecule has 3 aromatic rings. The zero-order valence-electron chi connectivity index (χ0n) is 15.5. The van der Waals surface area contributed by atoms with Crippen LogP contribution in [0.25, 0.3) is 10.9 Å². The van der Waals surface area contributed by atoms with Gasteiger partial charge in [-0.15, -0.1) is 0 Å². The van der Waals surface area contributed by atoms with Gasteiger partial charge in [0.15, 0.2) is 0 Å². The van der Waals surface area contributed by atoms with Crippen LogP contribution in [0.5, 0.6) is 0 Å². The minimum absolute atomic E-state index is 0.430. The molecule has 7 nitrogen and oxygen atoms in total. The molecule has 1 aliphatic heterocycles. The van der Waals surface area contributed by atoms with Gasteiger partial charge in [0.2, 0.25) is 5.91 Å². The van der Waals surface area contributed by atoms with Crippen LogP contribution in [0.1, 0.15) is 12.5 Å². The zero-order chi connectivity index (χ0) is 20.6. The summed E-state index contributed by atoms with van der Waals surface area (Å²) in [7, 11) is 0. The minimum Gasteiger partial charge on any atom is -0.323 e. The number of anilines is 1. The first kappa shape index (κ1) is 18.5. The maximum absolute atomic E-state index is 13.2. The third-order valence-electron chi connectivity index (χ3n) is 4.87. The van der Waals surface area contributed by atoms with Crippen molar-refractivity contribution in [3.63, 3.8) is 0 Å². The number of imide groups is 1. The van der Waals surface area contributed by atoms with E-state index >= 15 is 0 Å². The molecule has 1 unspecified atom stereocenters. The van der Waals surface area contributed by atoms with Crippen molar-refractivity contribution in [3.05, 3.63) is 72.2 Å². The number of para-hydroxylation sites is 1. The number of hydrogen-bond acceptors (Lipinski definition) is 4. The van der Waals surface area contributed by atoms with Gasteiger partial charge >= 0.3 is 6.03 Å². The Balaban J connectivity index is 1.49. The molecule has 0 radical (unpaired) electrons. The van der Waals surface area contributed by atoms with Gasteiger partial charge in [0.05, 0.1) is 17.4 Å². The van der Waals surface area contributed by atoms with E-state index in [1.165, 1.54) is 37.4 Å².